The molecule has 1 amide bonds. The lowest BCUT2D eigenvalue weighted by Crippen LogP contribution is -2.27. The highest BCUT2D eigenvalue weighted by Crippen LogP contribution is 2.32. The number of rotatable bonds is 3. The van der Waals surface area contributed by atoms with Gasteiger partial charge in [-0.25, -0.2) is 14.8 Å². The molecule has 30 heavy (non-hydrogen) atoms. The second-order valence-corrected chi connectivity index (χ2v) is 7.57. The van der Waals surface area contributed by atoms with E-state index in [1.54, 1.807) is 57.2 Å². The van der Waals surface area contributed by atoms with Crippen LogP contribution in [-0.2, 0) is 10.9 Å². The summed E-state index contributed by atoms with van der Waals surface area (Å²) in [6.45, 7) is 5.29. The van der Waals surface area contributed by atoms with Crippen LogP contribution in [-0.4, -0.2) is 21.7 Å². The highest BCUT2D eigenvalue weighted by atomic mass is 19.4. The summed E-state index contributed by atoms with van der Waals surface area (Å²) < 4.78 is 44.2. The summed E-state index contributed by atoms with van der Waals surface area (Å²) in [7, 11) is 0. The van der Waals surface area contributed by atoms with Crippen molar-refractivity contribution in [1.82, 2.24) is 9.97 Å². The molecule has 0 aliphatic carbocycles. The Morgan fingerprint density at radius 1 is 0.900 bits per heavy atom. The Kier molecular flexibility index (Phi) is 5.78. The van der Waals surface area contributed by atoms with Crippen LogP contribution >= 0.6 is 0 Å². The summed E-state index contributed by atoms with van der Waals surface area (Å²) in [5.74, 6) is 0. The van der Waals surface area contributed by atoms with Crippen molar-refractivity contribution in [2.24, 2.45) is 0 Å². The second-order valence-electron chi connectivity index (χ2n) is 7.57. The van der Waals surface area contributed by atoms with Crippen molar-refractivity contribution in [3.8, 4) is 22.5 Å². The molecule has 0 bridgehead atoms. The molecule has 0 aliphatic heterocycles. The van der Waals surface area contributed by atoms with Gasteiger partial charge in [0.2, 0.25) is 0 Å². The SMILES string of the molecule is CC(C)(C)OC(=O)Nc1cccc(-c2cc(-c3cccc(C(F)(F)F)c3)ncn2)c1. The van der Waals surface area contributed by atoms with Gasteiger partial charge in [-0.05, 0) is 51.1 Å². The van der Waals surface area contributed by atoms with Crippen molar-refractivity contribution in [3.05, 3.63) is 66.5 Å². The molecule has 0 atom stereocenters. The van der Waals surface area contributed by atoms with Crippen LogP contribution < -0.4 is 5.32 Å². The van der Waals surface area contributed by atoms with E-state index < -0.39 is 23.4 Å². The zero-order valence-corrected chi connectivity index (χ0v) is 16.6. The van der Waals surface area contributed by atoms with Gasteiger partial charge in [0.25, 0.3) is 0 Å². The number of carbonyl (C=O) groups is 1. The summed E-state index contributed by atoms with van der Waals surface area (Å²) in [5, 5.41) is 2.65. The average Bonchev–Trinajstić information content (AvgIpc) is 2.66. The molecular formula is C22H20F3N3O2. The minimum atomic E-state index is -4.44. The van der Waals surface area contributed by atoms with Gasteiger partial charge in [-0.15, -0.1) is 0 Å². The van der Waals surface area contributed by atoms with Gasteiger partial charge in [-0.1, -0.05) is 24.3 Å². The third kappa shape index (κ3) is 5.56. The van der Waals surface area contributed by atoms with Gasteiger partial charge in [0.05, 0.1) is 17.0 Å². The molecule has 156 valence electrons. The molecule has 0 aliphatic rings. The maximum absolute atomic E-state index is 13.0. The zero-order chi connectivity index (χ0) is 21.9. The smallest absolute Gasteiger partial charge is 0.416 e. The molecule has 3 aromatic rings. The molecule has 1 aromatic heterocycles. The van der Waals surface area contributed by atoms with Gasteiger partial charge >= 0.3 is 12.3 Å². The highest BCUT2D eigenvalue weighted by Gasteiger charge is 2.30. The predicted molar refractivity (Wildman–Crippen MR) is 108 cm³/mol. The largest absolute Gasteiger partial charge is 0.444 e. The van der Waals surface area contributed by atoms with Gasteiger partial charge in [0.1, 0.15) is 11.9 Å². The van der Waals surface area contributed by atoms with Crippen LogP contribution in [0.15, 0.2) is 60.9 Å². The first-order valence-electron chi connectivity index (χ1n) is 9.11. The number of nitrogens with one attached hydrogen (secondary N) is 1. The predicted octanol–water partition coefficient (Wildman–Crippen LogP) is 6.18. The quantitative estimate of drug-likeness (QED) is 0.555. The Morgan fingerprint density at radius 3 is 2.10 bits per heavy atom. The van der Waals surface area contributed by atoms with Crippen LogP contribution in [0.25, 0.3) is 22.5 Å². The maximum atomic E-state index is 13.0. The number of halogens is 3. The molecule has 1 N–H and O–H groups in total. The summed E-state index contributed by atoms with van der Waals surface area (Å²) in [6, 6.07) is 13.5. The molecule has 5 nitrogen and oxygen atoms in total. The number of hydrogen-bond acceptors (Lipinski definition) is 4. The number of anilines is 1. The molecule has 8 heteroatoms. The minimum Gasteiger partial charge on any atom is -0.444 e. The van der Waals surface area contributed by atoms with Gasteiger partial charge in [-0.3, -0.25) is 5.32 Å². The Bertz CT molecular complexity index is 1060. The number of carbonyl (C=O) groups excluding carboxylic acids is 1. The number of nitrogens with zero attached hydrogens (tertiary/aromatic N) is 2. The van der Waals surface area contributed by atoms with Crippen molar-refractivity contribution in [3.63, 3.8) is 0 Å². The normalized spacial score (nSPS) is 11.8. The number of hydrogen-bond donors (Lipinski definition) is 1. The number of alkyl halides is 3. The fourth-order valence-corrected chi connectivity index (χ4v) is 2.71. The monoisotopic (exact) mass is 415 g/mol. The summed E-state index contributed by atoms with van der Waals surface area (Å²) in [4.78, 5) is 20.3. The van der Waals surface area contributed by atoms with Crippen molar-refractivity contribution in [2.75, 3.05) is 5.32 Å². The Labute approximate surface area is 171 Å². The summed E-state index contributed by atoms with van der Waals surface area (Å²) in [5.41, 5.74) is 0.982. The molecule has 0 fully saturated rings. The molecule has 0 unspecified atom stereocenters. The van der Waals surface area contributed by atoms with Crippen molar-refractivity contribution in [1.29, 1.82) is 0 Å². The Hall–Kier alpha value is -3.42. The van der Waals surface area contributed by atoms with Crippen molar-refractivity contribution in [2.45, 2.75) is 32.5 Å². The van der Waals surface area contributed by atoms with E-state index in [-0.39, 0.29) is 0 Å². The van der Waals surface area contributed by atoms with Gasteiger partial charge < -0.3 is 4.74 Å². The Morgan fingerprint density at radius 2 is 1.50 bits per heavy atom. The molecular weight excluding hydrogens is 395 g/mol. The molecule has 0 radical (unpaired) electrons. The van der Waals surface area contributed by atoms with Gasteiger partial charge in [0, 0.05) is 16.8 Å². The first kappa shape index (κ1) is 21.3. The fourth-order valence-electron chi connectivity index (χ4n) is 2.71. The van der Waals surface area contributed by atoms with Crippen LogP contribution in [0.1, 0.15) is 26.3 Å². The van der Waals surface area contributed by atoms with E-state index in [2.05, 4.69) is 15.3 Å². The molecule has 0 saturated heterocycles. The lowest BCUT2D eigenvalue weighted by molar-refractivity contribution is -0.137. The minimum absolute atomic E-state index is 0.330. The zero-order valence-electron chi connectivity index (χ0n) is 16.6. The molecule has 0 saturated carbocycles. The van der Waals surface area contributed by atoms with E-state index in [0.717, 1.165) is 12.1 Å². The summed E-state index contributed by atoms with van der Waals surface area (Å²) in [6.07, 6.45) is -3.74. The van der Waals surface area contributed by atoms with Crippen LogP contribution in [0.5, 0.6) is 0 Å². The average molecular weight is 415 g/mol. The first-order valence-corrected chi connectivity index (χ1v) is 9.11. The van der Waals surface area contributed by atoms with E-state index in [4.69, 9.17) is 4.74 Å². The van der Waals surface area contributed by atoms with Gasteiger partial charge in [0.15, 0.2) is 0 Å². The topological polar surface area (TPSA) is 64.1 Å². The fraction of sp³-hybridized carbons (Fsp3) is 0.227. The molecule has 1 heterocycles. The number of benzene rings is 2. The molecule has 2 aromatic carbocycles. The third-order valence-corrected chi connectivity index (χ3v) is 3.96. The van der Waals surface area contributed by atoms with E-state index in [9.17, 15) is 18.0 Å². The third-order valence-electron chi connectivity index (χ3n) is 3.96. The molecule has 3 rings (SSSR count). The number of ether oxygens (including phenoxy) is 1. The molecule has 0 spiro atoms. The lowest BCUT2D eigenvalue weighted by Gasteiger charge is -2.19. The van der Waals surface area contributed by atoms with E-state index in [1.165, 1.54) is 12.4 Å². The van der Waals surface area contributed by atoms with Crippen LogP contribution in [0.4, 0.5) is 23.7 Å². The van der Waals surface area contributed by atoms with Crippen LogP contribution in [0, 0.1) is 0 Å². The maximum Gasteiger partial charge on any atom is 0.416 e. The van der Waals surface area contributed by atoms with Crippen molar-refractivity contribution < 1.29 is 22.7 Å². The van der Waals surface area contributed by atoms with E-state index in [0.29, 0.717) is 28.2 Å². The van der Waals surface area contributed by atoms with Crippen molar-refractivity contribution >= 4 is 11.8 Å². The summed E-state index contributed by atoms with van der Waals surface area (Å²) >= 11 is 0. The first-order chi connectivity index (χ1) is 14.0. The number of aromatic nitrogens is 2. The highest BCUT2D eigenvalue weighted by molar-refractivity contribution is 5.86. The van der Waals surface area contributed by atoms with E-state index in [1.807, 2.05) is 0 Å². The number of amides is 1. The van der Waals surface area contributed by atoms with E-state index >= 15 is 0 Å². The van der Waals surface area contributed by atoms with Gasteiger partial charge in [-0.2, -0.15) is 13.2 Å². The second kappa shape index (κ2) is 8.14. The lowest BCUT2D eigenvalue weighted by atomic mass is 10.0. The standard InChI is InChI=1S/C22H20F3N3O2/c1-21(2,3)30-20(29)28-17-9-5-7-15(11-17)19-12-18(26-13-27-19)14-6-4-8-16(10-14)22(23,24)25/h4-13H,1-3H3,(H,28,29). The van der Waals surface area contributed by atoms with Crippen LogP contribution in [0.2, 0.25) is 0 Å². The Balaban J connectivity index is 1.87. The van der Waals surface area contributed by atoms with Crippen LogP contribution in [0.3, 0.4) is 0 Å².